The van der Waals surface area contributed by atoms with Crippen molar-refractivity contribution in [2.75, 3.05) is 0 Å². The molecule has 0 aromatic heterocycles. The van der Waals surface area contributed by atoms with Crippen LogP contribution in [0.3, 0.4) is 0 Å². The van der Waals surface area contributed by atoms with Gasteiger partial charge >= 0.3 is 0 Å². The van der Waals surface area contributed by atoms with Crippen LogP contribution in [0.2, 0.25) is 0 Å². The third kappa shape index (κ3) is 2.13. The van der Waals surface area contributed by atoms with Crippen molar-refractivity contribution in [3.05, 3.63) is 93.6 Å². The average Bonchev–Trinajstić information content (AvgIpc) is 3.03. The van der Waals surface area contributed by atoms with E-state index in [1.807, 2.05) is 0 Å². The van der Waals surface area contributed by atoms with Crippen LogP contribution in [0.15, 0.2) is 71.3 Å². The second-order valence-electron chi connectivity index (χ2n) is 8.89. The highest BCUT2D eigenvalue weighted by Gasteiger charge is 2.59. The molecule has 128 valence electrons. The van der Waals surface area contributed by atoms with Crippen LogP contribution in [0.1, 0.15) is 49.9 Å². The van der Waals surface area contributed by atoms with E-state index in [0.717, 1.165) is 0 Å². The summed E-state index contributed by atoms with van der Waals surface area (Å²) in [5.74, 6) is 0.520. The number of fused-ring (bicyclic) bond motifs is 1. The standard InChI is InChI=1S/C25H28/c1-16-7-11-19(12-8-16)25(20-13-9-17(2)10-14-20)21-15-18(3)22(25)23(21)24(4,5)6/h7-15,18H,1-6H3. The fourth-order valence-corrected chi connectivity index (χ4v) is 4.92. The lowest BCUT2D eigenvalue weighted by molar-refractivity contribution is 0.448. The van der Waals surface area contributed by atoms with E-state index in [9.17, 15) is 0 Å². The van der Waals surface area contributed by atoms with Crippen LogP contribution < -0.4 is 0 Å². The van der Waals surface area contributed by atoms with E-state index in [0.29, 0.717) is 5.92 Å². The van der Waals surface area contributed by atoms with Gasteiger partial charge in [0.1, 0.15) is 0 Å². The van der Waals surface area contributed by atoms with Gasteiger partial charge in [-0.05, 0) is 53.0 Å². The monoisotopic (exact) mass is 328 g/mol. The minimum Gasteiger partial charge on any atom is -0.0724 e. The predicted molar refractivity (Wildman–Crippen MR) is 107 cm³/mol. The van der Waals surface area contributed by atoms with Gasteiger partial charge in [-0.25, -0.2) is 0 Å². The van der Waals surface area contributed by atoms with Crippen molar-refractivity contribution in [2.24, 2.45) is 11.3 Å². The maximum Gasteiger partial charge on any atom is 0.0673 e. The van der Waals surface area contributed by atoms with Crippen LogP contribution in [0, 0.1) is 25.2 Å². The maximum absolute atomic E-state index is 2.51. The molecule has 0 N–H and O–H groups in total. The number of hydrogen-bond acceptors (Lipinski definition) is 0. The first-order valence-corrected chi connectivity index (χ1v) is 9.38. The van der Waals surface area contributed by atoms with Crippen molar-refractivity contribution in [3.63, 3.8) is 0 Å². The van der Waals surface area contributed by atoms with Gasteiger partial charge in [0, 0.05) is 0 Å². The van der Waals surface area contributed by atoms with Crippen molar-refractivity contribution < 1.29 is 0 Å². The van der Waals surface area contributed by atoms with E-state index in [2.05, 4.69) is 96.1 Å². The molecule has 0 radical (unpaired) electrons. The molecule has 0 fully saturated rings. The summed E-state index contributed by atoms with van der Waals surface area (Å²) in [5.41, 5.74) is 10.4. The molecule has 0 aliphatic heterocycles. The fraction of sp³-hybridized carbons (Fsp3) is 0.360. The Balaban J connectivity index is 2.01. The van der Waals surface area contributed by atoms with Crippen LogP contribution in [-0.4, -0.2) is 0 Å². The quantitative estimate of drug-likeness (QED) is 0.588. The van der Waals surface area contributed by atoms with Gasteiger partial charge in [-0.2, -0.15) is 0 Å². The Hall–Kier alpha value is -2.08. The van der Waals surface area contributed by atoms with Crippen molar-refractivity contribution in [3.8, 4) is 0 Å². The highest BCUT2D eigenvalue weighted by atomic mass is 14.6. The molecule has 1 unspecified atom stereocenters. The first-order chi connectivity index (χ1) is 11.8. The van der Waals surface area contributed by atoms with E-state index in [1.165, 1.54) is 27.8 Å². The van der Waals surface area contributed by atoms with Crippen LogP contribution in [-0.2, 0) is 5.41 Å². The van der Waals surface area contributed by atoms with Gasteiger partial charge in [-0.1, -0.05) is 93.4 Å². The lowest BCUT2D eigenvalue weighted by atomic mass is 9.52. The Kier molecular flexibility index (Phi) is 3.41. The lowest BCUT2D eigenvalue weighted by Gasteiger charge is -2.50. The van der Waals surface area contributed by atoms with Gasteiger partial charge in [-0.3, -0.25) is 0 Å². The van der Waals surface area contributed by atoms with E-state index in [4.69, 9.17) is 0 Å². The third-order valence-electron chi connectivity index (χ3n) is 5.94. The summed E-state index contributed by atoms with van der Waals surface area (Å²) in [6.45, 7) is 13.7. The predicted octanol–water partition coefficient (Wildman–Crippen LogP) is 6.52. The number of rotatable bonds is 2. The molecule has 0 saturated heterocycles. The number of hydrogen-bond donors (Lipinski definition) is 0. The molecule has 5 rings (SSSR count). The molecule has 25 heavy (non-hydrogen) atoms. The third-order valence-corrected chi connectivity index (χ3v) is 5.94. The minimum atomic E-state index is -0.0383. The Morgan fingerprint density at radius 2 is 1.20 bits per heavy atom. The van der Waals surface area contributed by atoms with Gasteiger partial charge in [0.15, 0.2) is 0 Å². The van der Waals surface area contributed by atoms with Gasteiger partial charge in [0.2, 0.25) is 0 Å². The molecule has 0 heterocycles. The molecule has 1 atom stereocenters. The maximum atomic E-state index is 2.51. The summed E-state index contributed by atoms with van der Waals surface area (Å²) in [7, 11) is 0. The van der Waals surface area contributed by atoms with Crippen molar-refractivity contribution in [1.29, 1.82) is 0 Å². The molecule has 3 aliphatic carbocycles. The smallest absolute Gasteiger partial charge is 0.0673 e. The zero-order valence-electron chi connectivity index (χ0n) is 16.3. The highest BCUT2D eigenvalue weighted by Crippen LogP contribution is 2.67. The topological polar surface area (TPSA) is 0 Å². The summed E-state index contributed by atoms with van der Waals surface area (Å²) in [6, 6.07) is 18.4. The molecule has 0 nitrogen and oxygen atoms in total. The molecule has 0 amide bonds. The molecule has 0 heteroatoms. The zero-order valence-corrected chi connectivity index (χ0v) is 16.3. The second kappa shape index (κ2) is 5.21. The largest absolute Gasteiger partial charge is 0.0724 e. The number of allylic oxidation sites excluding steroid dienone is 4. The molecular formula is C25H28. The molecule has 2 aromatic rings. The van der Waals surface area contributed by atoms with Gasteiger partial charge in [0.25, 0.3) is 0 Å². The van der Waals surface area contributed by atoms with Crippen LogP contribution in [0.4, 0.5) is 0 Å². The van der Waals surface area contributed by atoms with Crippen molar-refractivity contribution in [2.45, 2.75) is 47.0 Å². The summed E-state index contributed by atoms with van der Waals surface area (Å²) >= 11 is 0. The second-order valence-corrected chi connectivity index (χ2v) is 8.89. The van der Waals surface area contributed by atoms with Crippen molar-refractivity contribution >= 4 is 0 Å². The summed E-state index contributed by atoms with van der Waals surface area (Å²) in [6.07, 6.45) is 2.51. The minimum absolute atomic E-state index is 0.0383. The van der Waals surface area contributed by atoms with Crippen LogP contribution in [0.5, 0.6) is 0 Å². The van der Waals surface area contributed by atoms with Crippen molar-refractivity contribution in [1.82, 2.24) is 0 Å². The lowest BCUT2D eigenvalue weighted by Crippen LogP contribution is -2.43. The van der Waals surface area contributed by atoms with E-state index >= 15 is 0 Å². The van der Waals surface area contributed by atoms with E-state index in [1.54, 1.807) is 11.1 Å². The first kappa shape index (κ1) is 16.4. The molecule has 0 saturated carbocycles. The number of benzene rings is 2. The van der Waals surface area contributed by atoms with Crippen LogP contribution in [0.25, 0.3) is 0 Å². The molecular weight excluding hydrogens is 300 g/mol. The summed E-state index contributed by atoms with van der Waals surface area (Å²) in [4.78, 5) is 0. The average molecular weight is 328 g/mol. The molecule has 2 aromatic carbocycles. The van der Waals surface area contributed by atoms with Gasteiger partial charge in [0.05, 0.1) is 5.41 Å². The summed E-state index contributed by atoms with van der Waals surface area (Å²) < 4.78 is 0. The Morgan fingerprint density at radius 3 is 1.52 bits per heavy atom. The fourth-order valence-electron chi connectivity index (χ4n) is 4.92. The Morgan fingerprint density at radius 1 is 0.760 bits per heavy atom. The normalized spacial score (nSPS) is 21.2. The molecule has 3 aliphatic rings. The summed E-state index contributed by atoms with van der Waals surface area (Å²) in [5, 5.41) is 0. The Bertz CT molecular complexity index is 835. The van der Waals surface area contributed by atoms with Crippen LogP contribution >= 0.6 is 0 Å². The molecule has 2 bridgehead atoms. The first-order valence-electron chi connectivity index (χ1n) is 9.38. The number of aryl methyl sites for hydroxylation is 2. The molecule has 0 spiro atoms. The Labute approximate surface area is 152 Å². The van der Waals surface area contributed by atoms with E-state index < -0.39 is 0 Å². The zero-order chi connectivity index (χ0) is 18.0. The van der Waals surface area contributed by atoms with Gasteiger partial charge in [-0.15, -0.1) is 0 Å². The highest BCUT2D eigenvalue weighted by molar-refractivity contribution is 5.78. The van der Waals surface area contributed by atoms with E-state index in [-0.39, 0.29) is 10.8 Å². The van der Waals surface area contributed by atoms with Gasteiger partial charge < -0.3 is 0 Å². The SMILES string of the molecule is Cc1ccc(C2(c3ccc(C)cc3)C3=CC(C)C2=C3C(C)(C)C)cc1.